The van der Waals surface area contributed by atoms with Crippen LogP contribution in [0.15, 0.2) is 21.5 Å². The molecule has 1 saturated carbocycles. The molecule has 0 aliphatic heterocycles. The third-order valence-corrected chi connectivity index (χ3v) is 6.31. The number of hydrogen-bond donors (Lipinski definition) is 2. The van der Waals surface area contributed by atoms with Crippen molar-refractivity contribution in [2.45, 2.75) is 36.6 Å². The van der Waals surface area contributed by atoms with Crippen LogP contribution in [-0.4, -0.2) is 37.0 Å². The molecule has 0 heterocycles. The van der Waals surface area contributed by atoms with E-state index in [1.807, 2.05) is 0 Å². The number of aliphatic hydroxyl groups is 1. The number of anilines is 1. The van der Waals surface area contributed by atoms with Gasteiger partial charge in [-0.1, -0.05) is 6.42 Å². The van der Waals surface area contributed by atoms with E-state index in [9.17, 15) is 12.8 Å². The van der Waals surface area contributed by atoms with Gasteiger partial charge in [-0.05, 0) is 47.3 Å². The molecule has 0 bridgehead atoms. The van der Waals surface area contributed by atoms with Crippen molar-refractivity contribution in [2.24, 2.45) is 0 Å². The Morgan fingerprint density at radius 3 is 2.62 bits per heavy atom. The molecule has 1 aromatic rings. The molecule has 0 atom stereocenters. The molecule has 1 aliphatic rings. The maximum absolute atomic E-state index is 14.1. The van der Waals surface area contributed by atoms with Gasteiger partial charge >= 0.3 is 0 Å². The van der Waals surface area contributed by atoms with Crippen LogP contribution in [0, 0.1) is 5.82 Å². The first-order valence-corrected chi connectivity index (χ1v) is 8.98. The van der Waals surface area contributed by atoms with Crippen molar-refractivity contribution in [3.8, 4) is 0 Å². The maximum Gasteiger partial charge on any atom is 0.246 e. The van der Waals surface area contributed by atoms with Crippen LogP contribution >= 0.6 is 15.9 Å². The Labute approximate surface area is 132 Å². The van der Waals surface area contributed by atoms with Gasteiger partial charge in [0.05, 0.1) is 0 Å². The smallest absolute Gasteiger partial charge is 0.246 e. The average molecular weight is 381 g/mol. The molecule has 5 nitrogen and oxygen atoms in total. The zero-order chi connectivity index (χ0) is 15.6. The van der Waals surface area contributed by atoms with Crippen LogP contribution < -0.4 is 5.73 Å². The van der Waals surface area contributed by atoms with E-state index in [0.29, 0.717) is 10.9 Å². The van der Waals surface area contributed by atoms with E-state index >= 15 is 0 Å². The van der Waals surface area contributed by atoms with Crippen molar-refractivity contribution in [3.63, 3.8) is 0 Å². The summed E-state index contributed by atoms with van der Waals surface area (Å²) in [7, 11) is -3.96. The SMILES string of the molecule is Nc1cc(S(=O)(=O)N(CCCO)C2CCC2)c(F)cc1Br. The number of aliphatic hydroxyl groups excluding tert-OH is 1. The van der Waals surface area contributed by atoms with E-state index in [-0.39, 0.29) is 24.9 Å². The van der Waals surface area contributed by atoms with Gasteiger partial charge in [-0.15, -0.1) is 0 Å². The highest BCUT2D eigenvalue weighted by Crippen LogP contribution is 2.33. The van der Waals surface area contributed by atoms with Gasteiger partial charge in [0.2, 0.25) is 10.0 Å². The van der Waals surface area contributed by atoms with Crippen LogP contribution in [0.2, 0.25) is 0 Å². The molecule has 21 heavy (non-hydrogen) atoms. The second kappa shape index (κ2) is 6.60. The summed E-state index contributed by atoms with van der Waals surface area (Å²) in [5.41, 5.74) is 5.84. The van der Waals surface area contributed by atoms with Crippen molar-refractivity contribution in [2.75, 3.05) is 18.9 Å². The molecule has 0 saturated heterocycles. The topological polar surface area (TPSA) is 83.6 Å². The van der Waals surface area contributed by atoms with Crippen molar-refractivity contribution in [3.05, 3.63) is 22.4 Å². The Bertz CT molecular complexity index is 620. The van der Waals surface area contributed by atoms with Gasteiger partial charge < -0.3 is 10.8 Å². The van der Waals surface area contributed by atoms with Crippen molar-refractivity contribution >= 4 is 31.6 Å². The number of sulfonamides is 1. The van der Waals surface area contributed by atoms with E-state index < -0.39 is 20.7 Å². The Morgan fingerprint density at radius 1 is 1.43 bits per heavy atom. The number of benzene rings is 1. The molecule has 0 aromatic heterocycles. The minimum absolute atomic E-state index is 0.107. The summed E-state index contributed by atoms with van der Waals surface area (Å²) in [6, 6.07) is 2.08. The van der Waals surface area contributed by atoms with Gasteiger partial charge in [0.1, 0.15) is 10.7 Å². The van der Waals surface area contributed by atoms with Crippen molar-refractivity contribution in [1.29, 1.82) is 0 Å². The second-order valence-electron chi connectivity index (χ2n) is 5.08. The second-order valence-corrected chi connectivity index (χ2v) is 7.80. The van der Waals surface area contributed by atoms with E-state index in [1.54, 1.807) is 0 Å². The molecular formula is C13H18BrFN2O3S. The Morgan fingerprint density at radius 2 is 2.10 bits per heavy atom. The number of hydrogen-bond acceptors (Lipinski definition) is 4. The predicted molar refractivity (Wildman–Crippen MR) is 81.7 cm³/mol. The standard InChI is InChI=1S/C13H18BrFN2O3S/c14-10-7-11(15)13(8-12(10)16)21(19,20)17(5-2-6-18)9-3-1-4-9/h7-9,18H,1-6,16H2. The molecular weight excluding hydrogens is 363 g/mol. The summed E-state index contributed by atoms with van der Waals surface area (Å²) < 4.78 is 41.0. The summed E-state index contributed by atoms with van der Waals surface area (Å²) in [5, 5.41) is 8.94. The number of nitrogen functional groups attached to an aromatic ring is 1. The normalized spacial score (nSPS) is 16.2. The molecule has 0 amide bonds. The highest BCUT2D eigenvalue weighted by Gasteiger charge is 2.36. The Kier molecular flexibility index (Phi) is 5.24. The zero-order valence-electron chi connectivity index (χ0n) is 11.4. The Hall–Kier alpha value is -0.700. The van der Waals surface area contributed by atoms with Crippen LogP contribution in [0.5, 0.6) is 0 Å². The largest absolute Gasteiger partial charge is 0.398 e. The average Bonchev–Trinajstić information content (AvgIpc) is 2.36. The molecule has 3 N–H and O–H groups in total. The fourth-order valence-corrected chi connectivity index (χ4v) is 4.39. The van der Waals surface area contributed by atoms with Crippen LogP contribution in [0.3, 0.4) is 0 Å². The molecule has 1 fully saturated rings. The fraction of sp³-hybridized carbons (Fsp3) is 0.538. The number of nitrogens with zero attached hydrogens (tertiary/aromatic N) is 1. The van der Waals surface area contributed by atoms with E-state index in [4.69, 9.17) is 10.8 Å². The lowest BCUT2D eigenvalue weighted by Crippen LogP contribution is -2.45. The lowest BCUT2D eigenvalue weighted by Gasteiger charge is -2.36. The monoisotopic (exact) mass is 380 g/mol. The summed E-state index contributed by atoms with van der Waals surface area (Å²) in [6.45, 7) is 0.0720. The third kappa shape index (κ3) is 3.39. The minimum Gasteiger partial charge on any atom is -0.398 e. The molecule has 8 heteroatoms. The van der Waals surface area contributed by atoms with E-state index in [2.05, 4.69) is 15.9 Å². The zero-order valence-corrected chi connectivity index (χ0v) is 13.8. The molecule has 2 rings (SSSR count). The highest BCUT2D eigenvalue weighted by atomic mass is 79.9. The minimum atomic E-state index is -3.96. The van der Waals surface area contributed by atoms with E-state index in [1.165, 1.54) is 4.31 Å². The van der Waals surface area contributed by atoms with Gasteiger partial charge in [0.25, 0.3) is 0 Å². The van der Waals surface area contributed by atoms with Gasteiger partial charge in [-0.25, -0.2) is 12.8 Å². The van der Waals surface area contributed by atoms with Gasteiger partial charge in [-0.3, -0.25) is 0 Å². The molecule has 0 spiro atoms. The predicted octanol–water partition coefficient (Wildman–Crippen LogP) is 2.10. The first-order chi connectivity index (χ1) is 9.87. The fourth-order valence-electron chi connectivity index (χ4n) is 2.27. The van der Waals surface area contributed by atoms with Crippen molar-refractivity contribution in [1.82, 2.24) is 4.31 Å². The van der Waals surface area contributed by atoms with E-state index in [0.717, 1.165) is 31.4 Å². The summed E-state index contributed by atoms with van der Waals surface area (Å²) in [6.07, 6.45) is 2.81. The Balaban J connectivity index is 2.40. The quantitative estimate of drug-likeness (QED) is 0.740. The van der Waals surface area contributed by atoms with Gasteiger partial charge in [0, 0.05) is 29.4 Å². The number of rotatable bonds is 6. The van der Waals surface area contributed by atoms with Crippen LogP contribution in [0.4, 0.5) is 10.1 Å². The molecule has 0 radical (unpaired) electrons. The first-order valence-electron chi connectivity index (χ1n) is 6.75. The summed E-state index contributed by atoms with van der Waals surface area (Å²) in [4.78, 5) is -0.409. The van der Waals surface area contributed by atoms with Gasteiger partial charge in [-0.2, -0.15) is 4.31 Å². The lowest BCUT2D eigenvalue weighted by atomic mass is 9.93. The number of halogens is 2. The maximum atomic E-state index is 14.1. The molecule has 0 unspecified atom stereocenters. The third-order valence-electron chi connectivity index (χ3n) is 3.66. The van der Waals surface area contributed by atoms with Gasteiger partial charge in [0.15, 0.2) is 0 Å². The highest BCUT2D eigenvalue weighted by molar-refractivity contribution is 9.10. The summed E-state index contributed by atoms with van der Waals surface area (Å²) in [5.74, 6) is -0.829. The van der Waals surface area contributed by atoms with Crippen LogP contribution in [-0.2, 0) is 10.0 Å². The number of nitrogens with two attached hydrogens (primary N) is 1. The van der Waals surface area contributed by atoms with Crippen LogP contribution in [0.25, 0.3) is 0 Å². The van der Waals surface area contributed by atoms with Crippen LogP contribution in [0.1, 0.15) is 25.7 Å². The summed E-state index contributed by atoms with van der Waals surface area (Å²) >= 11 is 3.07. The molecule has 1 aliphatic carbocycles. The molecule has 118 valence electrons. The van der Waals surface area contributed by atoms with Crippen molar-refractivity contribution < 1.29 is 17.9 Å². The first kappa shape index (κ1) is 16.7. The molecule has 1 aromatic carbocycles. The lowest BCUT2D eigenvalue weighted by molar-refractivity contribution is 0.198.